The lowest BCUT2D eigenvalue weighted by Crippen LogP contribution is -2.33. The molecule has 0 aliphatic heterocycles. The van der Waals surface area contributed by atoms with Crippen LogP contribution in [0.3, 0.4) is 0 Å². The van der Waals surface area contributed by atoms with E-state index in [1.807, 2.05) is 20.8 Å². The molecule has 1 fully saturated rings. The van der Waals surface area contributed by atoms with Crippen molar-refractivity contribution in [1.29, 1.82) is 0 Å². The molecule has 0 atom stereocenters. The van der Waals surface area contributed by atoms with E-state index in [1.165, 1.54) is 0 Å². The van der Waals surface area contributed by atoms with Crippen molar-refractivity contribution in [3.8, 4) is 0 Å². The highest BCUT2D eigenvalue weighted by molar-refractivity contribution is 5.92. The summed E-state index contributed by atoms with van der Waals surface area (Å²) in [6, 6.07) is 1.72. The van der Waals surface area contributed by atoms with Gasteiger partial charge in [-0.2, -0.15) is 0 Å². The maximum atomic E-state index is 11.9. The van der Waals surface area contributed by atoms with Gasteiger partial charge in [0.2, 0.25) is 0 Å². The van der Waals surface area contributed by atoms with Gasteiger partial charge in [0.05, 0.1) is 0 Å². The molecule has 7 heteroatoms. The molecule has 1 saturated carbocycles. The van der Waals surface area contributed by atoms with E-state index in [2.05, 4.69) is 15.8 Å². The minimum absolute atomic E-state index is 0.222. The van der Waals surface area contributed by atoms with Crippen LogP contribution in [0.15, 0.2) is 10.6 Å². The Morgan fingerprint density at radius 3 is 2.52 bits per heavy atom. The van der Waals surface area contributed by atoms with Gasteiger partial charge in [0, 0.05) is 25.1 Å². The fraction of sp³-hybridized carbons (Fsp3) is 0.688. The molecule has 2 amide bonds. The minimum Gasteiger partial charge on any atom is -0.444 e. The number of aromatic nitrogens is 1. The fourth-order valence-electron chi connectivity index (χ4n) is 2.00. The summed E-state index contributed by atoms with van der Waals surface area (Å²) < 4.78 is 10.3. The molecule has 1 heterocycles. The summed E-state index contributed by atoms with van der Waals surface area (Å²) in [5.41, 5.74) is -0.159. The number of rotatable bonds is 7. The molecule has 1 aromatic rings. The van der Waals surface area contributed by atoms with E-state index in [-0.39, 0.29) is 5.91 Å². The SMILES string of the molecule is CC(C)(C)OC(=O)NCCCCNC(=O)c1cc(C2CC2)on1. The molecule has 1 aliphatic rings. The Labute approximate surface area is 136 Å². The average molecular weight is 323 g/mol. The van der Waals surface area contributed by atoms with Crippen molar-refractivity contribution in [2.45, 2.75) is 58.0 Å². The predicted octanol–water partition coefficient (Wildman–Crippen LogP) is 2.59. The smallest absolute Gasteiger partial charge is 0.407 e. The van der Waals surface area contributed by atoms with Crippen molar-refractivity contribution in [2.24, 2.45) is 0 Å². The lowest BCUT2D eigenvalue weighted by atomic mass is 10.2. The first-order valence-electron chi connectivity index (χ1n) is 8.07. The number of nitrogens with one attached hydrogen (secondary N) is 2. The van der Waals surface area contributed by atoms with Crippen LogP contribution in [0.2, 0.25) is 0 Å². The Balaban J connectivity index is 1.54. The van der Waals surface area contributed by atoms with Gasteiger partial charge in [0.1, 0.15) is 11.4 Å². The first-order chi connectivity index (χ1) is 10.8. The summed E-state index contributed by atoms with van der Waals surface area (Å²) in [5, 5.41) is 9.26. The number of alkyl carbamates (subject to hydrolysis) is 1. The van der Waals surface area contributed by atoms with Gasteiger partial charge in [-0.15, -0.1) is 0 Å². The Kier molecular flexibility index (Phi) is 5.63. The quantitative estimate of drug-likeness (QED) is 0.752. The van der Waals surface area contributed by atoms with Crippen molar-refractivity contribution >= 4 is 12.0 Å². The van der Waals surface area contributed by atoms with Crippen LogP contribution in [-0.2, 0) is 4.74 Å². The van der Waals surface area contributed by atoms with Crippen LogP contribution in [0.4, 0.5) is 4.79 Å². The van der Waals surface area contributed by atoms with E-state index in [0.29, 0.717) is 24.7 Å². The lowest BCUT2D eigenvalue weighted by Gasteiger charge is -2.19. The van der Waals surface area contributed by atoms with Crippen LogP contribution >= 0.6 is 0 Å². The number of hydrogen-bond donors (Lipinski definition) is 2. The van der Waals surface area contributed by atoms with Gasteiger partial charge in [-0.1, -0.05) is 5.16 Å². The second kappa shape index (κ2) is 7.48. The fourth-order valence-corrected chi connectivity index (χ4v) is 2.00. The van der Waals surface area contributed by atoms with Crippen LogP contribution in [0.1, 0.15) is 68.6 Å². The van der Waals surface area contributed by atoms with Crippen LogP contribution in [0.5, 0.6) is 0 Å². The molecule has 0 spiro atoms. The number of ether oxygens (including phenoxy) is 1. The molecule has 0 unspecified atom stereocenters. The normalized spacial score (nSPS) is 14.4. The van der Waals surface area contributed by atoms with Crippen LogP contribution < -0.4 is 10.6 Å². The zero-order chi connectivity index (χ0) is 16.9. The first kappa shape index (κ1) is 17.3. The highest BCUT2D eigenvalue weighted by atomic mass is 16.6. The summed E-state index contributed by atoms with van der Waals surface area (Å²) in [6.45, 7) is 6.50. The number of unbranched alkanes of at least 4 members (excludes halogenated alkanes) is 1. The van der Waals surface area contributed by atoms with Crippen LogP contribution in [0.25, 0.3) is 0 Å². The van der Waals surface area contributed by atoms with Crippen molar-refractivity contribution in [3.05, 3.63) is 17.5 Å². The van der Waals surface area contributed by atoms with E-state index in [1.54, 1.807) is 6.07 Å². The third kappa shape index (κ3) is 6.30. The number of nitrogens with zero attached hydrogens (tertiary/aromatic N) is 1. The van der Waals surface area contributed by atoms with Gasteiger partial charge >= 0.3 is 6.09 Å². The molecule has 2 N–H and O–H groups in total. The predicted molar refractivity (Wildman–Crippen MR) is 84.3 cm³/mol. The topological polar surface area (TPSA) is 93.5 Å². The van der Waals surface area contributed by atoms with Crippen molar-refractivity contribution in [2.75, 3.05) is 13.1 Å². The van der Waals surface area contributed by atoms with E-state index in [0.717, 1.165) is 31.4 Å². The second-order valence-corrected chi connectivity index (χ2v) is 6.78. The monoisotopic (exact) mass is 323 g/mol. The third-order valence-electron chi connectivity index (χ3n) is 3.30. The Morgan fingerprint density at radius 1 is 1.26 bits per heavy atom. The molecule has 0 aromatic carbocycles. The number of carbonyl (C=O) groups is 2. The Hall–Kier alpha value is -2.05. The van der Waals surface area contributed by atoms with Crippen LogP contribution in [0, 0.1) is 0 Å². The van der Waals surface area contributed by atoms with Gasteiger partial charge in [0.15, 0.2) is 5.69 Å². The molecular weight excluding hydrogens is 298 g/mol. The molecule has 0 radical (unpaired) electrons. The van der Waals surface area contributed by atoms with Gasteiger partial charge in [-0.3, -0.25) is 4.79 Å². The molecule has 1 aliphatic carbocycles. The molecule has 2 rings (SSSR count). The largest absolute Gasteiger partial charge is 0.444 e. The standard InChI is InChI=1S/C16H25N3O4/c1-16(2,3)22-15(21)18-9-5-4-8-17-14(20)12-10-13(23-19-12)11-6-7-11/h10-11H,4-9H2,1-3H3,(H,17,20)(H,18,21). The molecule has 0 saturated heterocycles. The lowest BCUT2D eigenvalue weighted by molar-refractivity contribution is 0.0526. The first-order valence-corrected chi connectivity index (χ1v) is 8.07. The summed E-state index contributed by atoms with van der Waals surface area (Å²) in [7, 11) is 0. The number of hydrogen-bond acceptors (Lipinski definition) is 5. The van der Waals surface area contributed by atoms with Gasteiger partial charge in [0.25, 0.3) is 5.91 Å². The Bertz CT molecular complexity index is 544. The highest BCUT2D eigenvalue weighted by Gasteiger charge is 2.28. The number of amides is 2. The molecule has 0 bridgehead atoms. The molecule has 23 heavy (non-hydrogen) atoms. The third-order valence-corrected chi connectivity index (χ3v) is 3.30. The van der Waals surface area contributed by atoms with Crippen molar-refractivity contribution < 1.29 is 18.8 Å². The van der Waals surface area contributed by atoms with Gasteiger partial charge < -0.3 is 19.9 Å². The summed E-state index contributed by atoms with van der Waals surface area (Å²) in [4.78, 5) is 23.3. The van der Waals surface area contributed by atoms with E-state index in [4.69, 9.17) is 9.26 Å². The molecule has 7 nitrogen and oxygen atoms in total. The zero-order valence-corrected chi connectivity index (χ0v) is 14.0. The van der Waals surface area contributed by atoms with Crippen molar-refractivity contribution in [3.63, 3.8) is 0 Å². The van der Waals surface area contributed by atoms with Gasteiger partial charge in [-0.05, 0) is 46.5 Å². The van der Waals surface area contributed by atoms with E-state index >= 15 is 0 Å². The number of carbonyl (C=O) groups excluding carboxylic acids is 2. The summed E-state index contributed by atoms with van der Waals surface area (Å²) >= 11 is 0. The van der Waals surface area contributed by atoms with E-state index in [9.17, 15) is 9.59 Å². The van der Waals surface area contributed by atoms with Gasteiger partial charge in [-0.25, -0.2) is 4.79 Å². The maximum absolute atomic E-state index is 11.9. The summed E-state index contributed by atoms with van der Waals surface area (Å²) in [6.07, 6.45) is 3.32. The minimum atomic E-state index is -0.491. The second-order valence-electron chi connectivity index (χ2n) is 6.78. The van der Waals surface area contributed by atoms with Crippen LogP contribution in [-0.4, -0.2) is 35.8 Å². The van der Waals surface area contributed by atoms with Crippen molar-refractivity contribution in [1.82, 2.24) is 15.8 Å². The zero-order valence-electron chi connectivity index (χ0n) is 14.0. The van der Waals surface area contributed by atoms with E-state index < -0.39 is 11.7 Å². The maximum Gasteiger partial charge on any atom is 0.407 e. The highest BCUT2D eigenvalue weighted by Crippen LogP contribution is 2.40. The average Bonchev–Trinajstić information content (AvgIpc) is 3.18. The molecule has 128 valence electrons. The Morgan fingerprint density at radius 2 is 1.91 bits per heavy atom. The molecular formula is C16H25N3O4. The summed E-state index contributed by atoms with van der Waals surface area (Å²) in [5.74, 6) is 1.03. The molecule has 1 aromatic heterocycles.